The summed E-state index contributed by atoms with van der Waals surface area (Å²) in [4.78, 5) is 28.1. The predicted molar refractivity (Wildman–Crippen MR) is 116 cm³/mol. The highest BCUT2D eigenvalue weighted by Gasteiger charge is 2.16. The molecule has 3 rings (SSSR count). The molecular weight excluding hydrogens is 382 g/mol. The van der Waals surface area contributed by atoms with Gasteiger partial charge in [0.1, 0.15) is 0 Å². The summed E-state index contributed by atoms with van der Waals surface area (Å²) >= 11 is 0. The number of aromatic nitrogens is 1. The third-order valence-corrected chi connectivity index (χ3v) is 5.12. The van der Waals surface area contributed by atoms with Crippen LogP contribution in [0.4, 0.5) is 10.5 Å². The third kappa shape index (κ3) is 5.39. The summed E-state index contributed by atoms with van der Waals surface area (Å²) < 4.78 is 4.95. The maximum absolute atomic E-state index is 12.3. The number of ether oxygens (including phenoxy) is 1. The minimum absolute atomic E-state index is 0.299. The number of aromatic amines is 1. The minimum Gasteiger partial charge on any atom is -0.452 e. The van der Waals surface area contributed by atoms with E-state index in [2.05, 4.69) is 23.2 Å². The van der Waals surface area contributed by atoms with Gasteiger partial charge in [-0.2, -0.15) is 0 Å². The van der Waals surface area contributed by atoms with Crippen molar-refractivity contribution in [3.63, 3.8) is 0 Å². The van der Waals surface area contributed by atoms with Gasteiger partial charge in [-0.1, -0.05) is 37.1 Å². The lowest BCUT2D eigenvalue weighted by Crippen LogP contribution is -2.31. The van der Waals surface area contributed by atoms with Crippen LogP contribution >= 0.6 is 0 Å². The van der Waals surface area contributed by atoms with Crippen LogP contribution in [0.2, 0.25) is 0 Å². The van der Waals surface area contributed by atoms with Crippen molar-refractivity contribution < 1.29 is 19.5 Å². The molecule has 0 radical (unpaired) electrons. The average Bonchev–Trinajstić information content (AvgIpc) is 3.26. The first-order valence-corrected chi connectivity index (χ1v) is 10.1. The first-order chi connectivity index (χ1) is 14.6. The molecule has 0 spiro atoms. The van der Waals surface area contributed by atoms with Crippen LogP contribution in [0.25, 0.3) is 22.0 Å². The molecule has 3 aromatic rings. The number of nitrogens with zero attached hydrogens (tertiary/aromatic N) is 1. The van der Waals surface area contributed by atoms with E-state index < -0.39 is 6.09 Å². The summed E-state index contributed by atoms with van der Waals surface area (Å²) in [7, 11) is 1.38. The van der Waals surface area contributed by atoms with Gasteiger partial charge in [-0.05, 0) is 53.6 Å². The summed E-state index contributed by atoms with van der Waals surface area (Å²) in [5, 5.41) is 9.66. The van der Waals surface area contributed by atoms with Crippen molar-refractivity contribution in [2.75, 3.05) is 18.6 Å². The van der Waals surface area contributed by atoms with Crippen LogP contribution in [0.3, 0.4) is 0 Å². The molecule has 0 atom stereocenters. The standard InChI is InChI=1S/C23H27N3O4/c1-30-23(28)26(15-5-3-2-4-6-22(27)25-29)20-11-9-17(10-12-20)19-8-7-18-13-14-24-21(18)16-19/h7-14,16,24,29H,2-6,15H2,1H3,(H,25,27). The van der Waals surface area contributed by atoms with Gasteiger partial charge in [0.2, 0.25) is 5.91 Å². The molecule has 0 aliphatic carbocycles. The summed E-state index contributed by atoms with van der Waals surface area (Å²) in [6.07, 6.45) is 5.05. The number of hydrogen-bond acceptors (Lipinski definition) is 4. The van der Waals surface area contributed by atoms with Gasteiger partial charge in [0.05, 0.1) is 7.11 Å². The maximum atomic E-state index is 12.3. The van der Waals surface area contributed by atoms with Crippen molar-refractivity contribution in [3.05, 3.63) is 54.7 Å². The Morgan fingerprint density at radius 2 is 1.73 bits per heavy atom. The lowest BCUT2D eigenvalue weighted by atomic mass is 10.0. The number of benzene rings is 2. The third-order valence-electron chi connectivity index (χ3n) is 5.12. The Kier molecular flexibility index (Phi) is 7.45. The first-order valence-electron chi connectivity index (χ1n) is 10.1. The van der Waals surface area contributed by atoms with Crippen LogP contribution in [0.15, 0.2) is 54.7 Å². The second-order valence-electron chi connectivity index (χ2n) is 7.15. The molecule has 0 bridgehead atoms. The number of methoxy groups -OCH3 is 1. The Bertz CT molecular complexity index is 982. The lowest BCUT2D eigenvalue weighted by molar-refractivity contribution is -0.129. The van der Waals surface area contributed by atoms with E-state index in [0.29, 0.717) is 19.4 Å². The number of hydroxylamine groups is 1. The van der Waals surface area contributed by atoms with E-state index >= 15 is 0 Å². The van der Waals surface area contributed by atoms with Crippen molar-refractivity contribution in [2.24, 2.45) is 0 Å². The van der Waals surface area contributed by atoms with Gasteiger partial charge in [-0.3, -0.25) is 14.9 Å². The molecular formula is C23H27N3O4. The van der Waals surface area contributed by atoms with E-state index in [-0.39, 0.29) is 5.91 Å². The zero-order chi connectivity index (χ0) is 21.3. The van der Waals surface area contributed by atoms with E-state index in [1.165, 1.54) is 12.5 Å². The summed E-state index contributed by atoms with van der Waals surface area (Å²) in [5.41, 5.74) is 5.68. The molecule has 1 aromatic heterocycles. The zero-order valence-corrected chi connectivity index (χ0v) is 17.1. The number of carbonyl (C=O) groups is 2. The fourth-order valence-electron chi connectivity index (χ4n) is 3.46. The number of fused-ring (bicyclic) bond motifs is 1. The molecule has 0 fully saturated rings. The molecule has 0 aliphatic rings. The topological polar surface area (TPSA) is 94.7 Å². The number of nitrogens with one attached hydrogen (secondary N) is 2. The predicted octanol–water partition coefficient (Wildman–Crippen LogP) is 4.86. The van der Waals surface area contributed by atoms with Crippen molar-refractivity contribution in [3.8, 4) is 11.1 Å². The van der Waals surface area contributed by atoms with E-state index in [1.807, 2.05) is 36.5 Å². The van der Waals surface area contributed by atoms with Crippen LogP contribution < -0.4 is 10.4 Å². The quantitative estimate of drug-likeness (QED) is 0.267. The van der Waals surface area contributed by atoms with Gasteiger partial charge in [-0.25, -0.2) is 10.3 Å². The van der Waals surface area contributed by atoms with Crippen LogP contribution in [-0.2, 0) is 9.53 Å². The highest BCUT2D eigenvalue weighted by atomic mass is 16.5. The highest BCUT2D eigenvalue weighted by Crippen LogP contribution is 2.26. The molecule has 2 aromatic carbocycles. The van der Waals surface area contributed by atoms with E-state index in [4.69, 9.17) is 9.94 Å². The summed E-state index contributed by atoms with van der Waals surface area (Å²) in [5.74, 6) is -0.373. The molecule has 0 unspecified atom stereocenters. The number of H-pyrrole nitrogens is 1. The molecule has 2 amide bonds. The number of hydrogen-bond donors (Lipinski definition) is 3. The monoisotopic (exact) mass is 409 g/mol. The van der Waals surface area contributed by atoms with Crippen LogP contribution in [-0.4, -0.2) is 35.8 Å². The highest BCUT2D eigenvalue weighted by molar-refractivity contribution is 5.89. The van der Waals surface area contributed by atoms with Crippen LogP contribution in [0.1, 0.15) is 32.1 Å². The molecule has 0 aliphatic heterocycles. The van der Waals surface area contributed by atoms with Crippen molar-refractivity contribution in [1.29, 1.82) is 0 Å². The largest absolute Gasteiger partial charge is 0.452 e. The van der Waals surface area contributed by atoms with E-state index in [0.717, 1.165) is 41.6 Å². The Morgan fingerprint density at radius 1 is 1.00 bits per heavy atom. The Hall–Kier alpha value is -3.32. The maximum Gasteiger partial charge on any atom is 0.413 e. The smallest absolute Gasteiger partial charge is 0.413 e. The number of amides is 2. The van der Waals surface area contributed by atoms with Gasteiger partial charge in [0.15, 0.2) is 0 Å². The fourth-order valence-corrected chi connectivity index (χ4v) is 3.46. The van der Waals surface area contributed by atoms with E-state index in [9.17, 15) is 9.59 Å². The molecule has 0 saturated carbocycles. The lowest BCUT2D eigenvalue weighted by Gasteiger charge is -2.21. The zero-order valence-electron chi connectivity index (χ0n) is 17.1. The van der Waals surface area contributed by atoms with Crippen LogP contribution in [0, 0.1) is 0 Å². The van der Waals surface area contributed by atoms with E-state index in [1.54, 1.807) is 10.4 Å². The first kappa shape index (κ1) is 21.4. The van der Waals surface area contributed by atoms with Gasteiger partial charge in [-0.15, -0.1) is 0 Å². The SMILES string of the molecule is COC(=O)N(CCCCCCC(=O)NO)c1ccc(-c2ccc3cc[nH]c3c2)cc1. The fraction of sp³-hybridized carbons (Fsp3) is 0.304. The molecule has 158 valence electrons. The second-order valence-corrected chi connectivity index (χ2v) is 7.15. The average molecular weight is 409 g/mol. The molecule has 1 heterocycles. The molecule has 0 saturated heterocycles. The number of carbonyl (C=O) groups excluding carboxylic acids is 2. The number of anilines is 1. The number of rotatable bonds is 9. The van der Waals surface area contributed by atoms with Gasteiger partial charge >= 0.3 is 6.09 Å². The summed E-state index contributed by atoms with van der Waals surface area (Å²) in [6, 6.07) is 16.2. The Labute approximate surface area is 175 Å². The minimum atomic E-state index is -0.393. The molecule has 7 heteroatoms. The van der Waals surface area contributed by atoms with Gasteiger partial charge in [0.25, 0.3) is 0 Å². The molecule has 7 nitrogen and oxygen atoms in total. The van der Waals surface area contributed by atoms with Crippen molar-refractivity contribution >= 4 is 28.6 Å². The molecule has 3 N–H and O–H groups in total. The number of unbranched alkanes of at least 4 members (excludes halogenated alkanes) is 3. The van der Waals surface area contributed by atoms with Crippen LogP contribution in [0.5, 0.6) is 0 Å². The normalized spacial score (nSPS) is 10.7. The Morgan fingerprint density at radius 3 is 2.47 bits per heavy atom. The van der Waals surface area contributed by atoms with Gasteiger partial charge in [0, 0.05) is 30.4 Å². The van der Waals surface area contributed by atoms with Crippen molar-refractivity contribution in [1.82, 2.24) is 10.5 Å². The molecule has 30 heavy (non-hydrogen) atoms. The Balaban J connectivity index is 1.61. The van der Waals surface area contributed by atoms with Gasteiger partial charge < -0.3 is 9.72 Å². The summed E-state index contributed by atoms with van der Waals surface area (Å²) in [6.45, 7) is 0.534. The van der Waals surface area contributed by atoms with Crippen molar-refractivity contribution in [2.45, 2.75) is 32.1 Å². The second kappa shape index (κ2) is 10.5.